The monoisotopic (exact) mass is 332 g/mol. The maximum absolute atomic E-state index is 11.9. The summed E-state index contributed by atoms with van der Waals surface area (Å²) in [6.45, 7) is 3.60. The van der Waals surface area contributed by atoms with Crippen LogP contribution in [0.1, 0.15) is 52.4 Å². The van der Waals surface area contributed by atoms with Gasteiger partial charge in [0.15, 0.2) is 18.5 Å². The van der Waals surface area contributed by atoms with E-state index in [0.29, 0.717) is 12.8 Å². The Hall–Kier alpha value is -1.18. The van der Waals surface area contributed by atoms with E-state index in [1.54, 1.807) is 0 Å². The highest BCUT2D eigenvalue weighted by molar-refractivity contribution is 5.70. The zero-order chi connectivity index (χ0) is 17.2. The average molecular weight is 332 g/mol. The van der Waals surface area contributed by atoms with Gasteiger partial charge in [-0.05, 0) is 12.8 Å². The summed E-state index contributed by atoms with van der Waals surface area (Å²) >= 11 is 0. The number of hydrogen-bond acceptors (Lipinski definition) is 7. The molecule has 0 amide bonds. The first-order valence-electron chi connectivity index (χ1n) is 8.25. The number of carbonyl (C=O) groups is 2. The van der Waals surface area contributed by atoms with Crippen molar-refractivity contribution in [2.75, 3.05) is 13.7 Å². The zero-order valence-electron chi connectivity index (χ0n) is 14.2. The Morgan fingerprint density at radius 3 is 1.96 bits per heavy atom. The van der Waals surface area contributed by atoms with Gasteiger partial charge in [-0.15, -0.1) is 0 Å². The van der Waals surface area contributed by atoms with E-state index in [1.807, 2.05) is 13.8 Å². The lowest BCUT2D eigenvalue weighted by atomic mass is 10.1. The number of carbonyl (C=O) groups excluding carboxylic acids is 2. The molecule has 0 spiro atoms. The summed E-state index contributed by atoms with van der Waals surface area (Å²) in [7, 11) is 1.41. The Kier molecular flexibility index (Phi) is 9.13. The molecule has 0 aromatic heterocycles. The predicted molar refractivity (Wildman–Crippen MR) is 81.6 cm³/mol. The largest absolute Gasteiger partial charge is 0.455 e. The number of unbranched alkanes of at least 4 members (excludes halogenated alkanes) is 2. The predicted octanol–water partition coefficient (Wildman–Crippen LogP) is 1.55. The van der Waals surface area contributed by atoms with Crippen molar-refractivity contribution in [2.45, 2.75) is 77.0 Å². The molecule has 1 N–H and O–H groups in total. The molecule has 23 heavy (non-hydrogen) atoms. The number of rotatable bonds is 10. The summed E-state index contributed by atoms with van der Waals surface area (Å²) in [5.41, 5.74) is 0. The molecule has 7 nitrogen and oxygen atoms in total. The minimum Gasteiger partial charge on any atom is -0.455 e. The van der Waals surface area contributed by atoms with Crippen molar-refractivity contribution in [3.05, 3.63) is 0 Å². The third-order valence-corrected chi connectivity index (χ3v) is 3.68. The normalized spacial score (nSPS) is 27.0. The molecular formula is C16H28O7. The van der Waals surface area contributed by atoms with E-state index >= 15 is 0 Å². The fourth-order valence-corrected chi connectivity index (χ4v) is 2.36. The fourth-order valence-electron chi connectivity index (χ4n) is 2.36. The minimum absolute atomic E-state index is 0.277. The van der Waals surface area contributed by atoms with Crippen LogP contribution in [0.5, 0.6) is 0 Å². The molecule has 0 aliphatic carbocycles. The second-order valence-corrected chi connectivity index (χ2v) is 5.58. The maximum atomic E-state index is 11.9. The van der Waals surface area contributed by atoms with Crippen molar-refractivity contribution in [2.24, 2.45) is 0 Å². The fraction of sp³-hybridized carbons (Fsp3) is 0.875. The lowest BCUT2D eigenvalue weighted by Gasteiger charge is -2.23. The Bertz CT molecular complexity index is 337. The molecule has 0 aromatic carbocycles. The van der Waals surface area contributed by atoms with Gasteiger partial charge in [0.2, 0.25) is 0 Å². The summed E-state index contributed by atoms with van der Waals surface area (Å²) in [6, 6.07) is 0. The molecule has 1 rings (SSSR count). The van der Waals surface area contributed by atoms with Gasteiger partial charge in [0.25, 0.3) is 0 Å². The first kappa shape index (κ1) is 19.9. The van der Waals surface area contributed by atoms with Crippen molar-refractivity contribution in [1.82, 2.24) is 0 Å². The van der Waals surface area contributed by atoms with Gasteiger partial charge in [0.1, 0.15) is 6.10 Å². The van der Waals surface area contributed by atoms with Crippen molar-refractivity contribution in [3.63, 3.8) is 0 Å². The van der Waals surface area contributed by atoms with Crippen LogP contribution >= 0.6 is 0 Å². The van der Waals surface area contributed by atoms with Crippen LogP contribution in [0.15, 0.2) is 0 Å². The summed E-state index contributed by atoms with van der Waals surface area (Å²) in [4.78, 5) is 23.8. The van der Waals surface area contributed by atoms with Crippen molar-refractivity contribution in [3.8, 4) is 0 Å². The molecule has 0 radical (unpaired) electrons. The van der Waals surface area contributed by atoms with Crippen molar-refractivity contribution in [1.29, 1.82) is 0 Å². The molecule has 1 aliphatic heterocycles. The van der Waals surface area contributed by atoms with Gasteiger partial charge in [-0.2, -0.15) is 0 Å². The van der Waals surface area contributed by atoms with Crippen LogP contribution < -0.4 is 0 Å². The molecule has 0 aromatic rings. The van der Waals surface area contributed by atoms with Gasteiger partial charge in [-0.1, -0.05) is 26.7 Å². The second-order valence-electron chi connectivity index (χ2n) is 5.58. The Balaban J connectivity index is 2.73. The van der Waals surface area contributed by atoms with E-state index in [9.17, 15) is 14.7 Å². The molecule has 1 saturated heterocycles. The van der Waals surface area contributed by atoms with E-state index in [1.165, 1.54) is 7.11 Å². The molecule has 2 unspecified atom stereocenters. The van der Waals surface area contributed by atoms with E-state index in [4.69, 9.17) is 18.9 Å². The highest BCUT2D eigenvalue weighted by Crippen LogP contribution is 2.28. The Labute approximate surface area is 137 Å². The molecular weight excluding hydrogens is 304 g/mol. The lowest BCUT2D eigenvalue weighted by molar-refractivity contribution is -0.183. The quantitative estimate of drug-likeness (QED) is 0.607. The van der Waals surface area contributed by atoms with Crippen LogP contribution in [0, 0.1) is 0 Å². The van der Waals surface area contributed by atoms with Crippen LogP contribution in [0.3, 0.4) is 0 Å². The standard InChI is InChI=1S/C16H28O7/c1-4-6-8-12(18)22-14-11(10-17)21-16(20-3)15(14)23-13(19)9-7-5-2/h11,14-17H,4-10H2,1-3H3/t11?,14-,15-,16?/m1/s1. The molecule has 1 fully saturated rings. The van der Waals surface area contributed by atoms with Gasteiger partial charge in [-0.3, -0.25) is 9.59 Å². The topological polar surface area (TPSA) is 91.3 Å². The number of hydrogen-bond donors (Lipinski definition) is 1. The highest BCUT2D eigenvalue weighted by atomic mass is 16.7. The van der Waals surface area contributed by atoms with Gasteiger partial charge in [0.05, 0.1) is 6.61 Å². The van der Waals surface area contributed by atoms with Gasteiger partial charge < -0.3 is 24.1 Å². The van der Waals surface area contributed by atoms with Crippen LogP contribution in [-0.4, -0.2) is 55.4 Å². The van der Waals surface area contributed by atoms with E-state index < -0.39 is 36.5 Å². The molecule has 1 aliphatic rings. The summed E-state index contributed by atoms with van der Waals surface area (Å²) in [6.07, 6.45) is 0.375. The molecule has 7 heteroatoms. The van der Waals surface area contributed by atoms with Crippen molar-refractivity contribution < 1.29 is 33.6 Å². The van der Waals surface area contributed by atoms with E-state index in [2.05, 4.69) is 0 Å². The number of ether oxygens (including phenoxy) is 4. The molecule has 1 heterocycles. The summed E-state index contributed by atoms with van der Waals surface area (Å²) in [5, 5.41) is 9.42. The first-order chi connectivity index (χ1) is 11.1. The van der Waals surface area contributed by atoms with E-state index in [-0.39, 0.29) is 19.4 Å². The lowest BCUT2D eigenvalue weighted by Crippen LogP contribution is -2.41. The third kappa shape index (κ3) is 6.08. The summed E-state index contributed by atoms with van der Waals surface area (Å²) in [5.74, 6) is -0.791. The smallest absolute Gasteiger partial charge is 0.306 e. The average Bonchev–Trinajstić information content (AvgIpc) is 2.87. The van der Waals surface area contributed by atoms with Gasteiger partial charge in [-0.25, -0.2) is 0 Å². The van der Waals surface area contributed by atoms with Crippen LogP contribution in [0.25, 0.3) is 0 Å². The molecule has 134 valence electrons. The Morgan fingerprint density at radius 1 is 1.00 bits per heavy atom. The second kappa shape index (κ2) is 10.6. The number of aliphatic hydroxyl groups is 1. The number of methoxy groups -OCH3 is 1. The van der Waals surface area contributed by atoms with E-state index in [0.717, 1.165) is 12.8 Å². The molecule has 0 saturated carbocycles. The maximum Gasteiger partial charge on any atom is 0.306 e. The SMILES string of the molecule is CCCCC(=O)O[C@@H]1C(CO)OC(OC)[C@@H]1OC(=O)CCCC. The van der Waals surface area contributed by atoms with Crippen LogP contribution in [-0.2, 0) is 28.5 Å². The Morgan fingerprint density at radius 2 is 1.52 bits per heavy atom. The third-order valence-electron chi connectivity index (χ3n) is 3.68. The van der Waals surface area contributed by atoms with Crippen LogP contribution in [0.2, 0.25) is 0 Å². The highest BCUT2D eigenvalue weighted by Gasteiger charge is 2.49. The van der Waals surface area contributed by atoms with Crippen molar-refractivity contribution >= 4 is 11.9 Å². The first-order valence-corrected chi connectivity index (χ1v) is 8.25. The minimum atomic E-state index is -0.868. The van der Waals surface area contributed by atoms with Gasteiger partial charge >= 0.3 is 11.9 Å². The van der Waals surface area contributed by atoms with Gasteiger partial charge in [0, 0.05) is 20.0 Å². The summed E-state index contributed by atoms with van der Waals surface area (Å²) < 4.78 is 21.4. The number of esters is 2. The van der Waals surface area contributed by atoms with Crippen LogP contribution in [0.4, 0.5) is 0 Å². The molecule has 0 bridgehead atoms. The zero-order valence-corrected chi connectivity index (χ0v) is 14.2. The number of aliphatic hydroxyl groups excluding tert-OH is 1. The molecule has 4 atom stereocenters.